The van der Waals surface area contributed by atoms with Crippen molar-refractivity contribution in [2.24, 2.45) is 0 Å². The first-order valence-corrected chi connectivity index (χ1v) is 13.9. The van der Waals surface area contributed by atoms with E-state index in [1.807, 2.05) is 25.9 Å². The monoisotopic (exact) mass is 615 g/mol. The van der Waals surface area contributed by atoms with Gasteiger partial charge in [-0.1, -0.05) is 13.0 Å². The minimum Gasteiger partial charge on any atom is -0.463 e. The third-order valence-corrected chi connectivity index (χ3v) is 5.78. The van der Waals surface area contributed by atoms with Crippen LogP contribution in [0.2, 0.25) is 0 Å². The summed E-state index contributed by atoms with van der Waals surface area (Å²) in [6.07, 6.45) is -3.56. The molecule has 16 nitrogen and oxygen atoms in total. The van der Waals surface area contributed by atoms with Gasteiger partial charge in [0.25, 0.3) is 0 Å². The molecule has 5 N–H and O–H groups in total. The molecular formula is C27H45N5O11. The number of hydrogen-bond donors (Lipinski definition) is 5. The van der Waals surface area contributed by atoms with E-state index in [0.29, 0.717) is 19.5 Å². The summed E-state index contributed by atoms with van der Waals surface area (Å²) >= 11 is 0. The molecule has 0 aliphatic carbocycles. The van der Waals surface area contributed by atoms with E-state index in [4.69, 9.17) is 18.9 Å². The van der Waals surface area contributed by atoms with Crippen molar-refractivity contribution in [1.82, 2.24) is 26.2 Å². The summed E-state index contributed by atoms with van der Waals surface area (Å²) in [5, 5.41) is 20.2. The van der Waals surface area contributed by atoms with Gasteiger partial charge in [-0.25, -0.2) is 0 Å². The molecule has 0 bridgehead atoms. The number of carbonyl (C=O) groups is 6. The molecule has 1 unspecified atom stereocenters. The van der Waals surface area contributed by atoms with Gasteiger partial charge < -0.3 is 50.2 Å². The number of aliphatic hydroxyl groups is 1. The Hall–Kier alpha value is -3.60. The van der Waals surface area contributed by atoms with Crippen molar-refractivity contribution >= 4 is 35.6 Å². The fraction of sp³-hybridized carbons (Fsp3) is 0.704. The second kappa shape index (κ2) is 18.8. The summed E-state index contributed by atoms with van der Waals surface area (Å²) in [7, 11) is 3.63. The third-order valence-electron chi connectivity index (χ3n) is 5.78. The van der Waals surface area contributed by atoms with Crippen LogP contribution in [0.25, 0.3) is 0 Å². The molecule has 16 heteroatoms. The summed E-state index contributed by atoms with van der Waals surface area (Å²) in [5.41, 5.74) is 0. The van der Waals surface area contributed by atoms with E-state index in [1.165, 1.54) is 19.9 Å². The van der Waals surface area contributed by atoms with Crippen LogP contribution >= 0.6 is 0 Å². The number of nitrogens with one attached hydrogen (secondary N) is 4. The third kappa shape index (κ3) is 14.4. The van der Waals surface area contributed by atoms with Crippen molar-refractivity contribution < 1.29 is 52.8 Å². The van der Waals surface area contributed by atoms with Crippen molar-refractivity contribution in [2.45, 2.75) is 90.4 Å². The van der Waals surface area contributed by atoms with Crippen LogP contribution in [0.15, 0.2) is 12.2 Å². The van der Waals surface area contributed by atoms with Crippen LogP contribution < -0.4 is 21.3 Å². The molecule has 7 atom stereocenters. The van der Waals surface area contributed by atoms with Gasteiger partial charge in [-0.15, -0.1) is 0 Å². The molecule has 1 saturated heterocycles. The van der Waals surface area contributed by atoms with Crippen LogP contribution in [0.1, 0.15) is 47.5 Å². The minimum atomic E-state index is -1.38. The molecular weight excluding hydrogens is 570 g/mol. The largest absolute Gasteiger partial charge is 0.463 e. The van der Waals surface area contributed by atoms with E-state index >= 15 is 0 Å². The molecule has 1 fully saturated rings. The van der Waals surface area contributed by atoms with E-state index in [2.05, 4.69) is 21.3 Å². The Labute approximate surface area is 251 Å². The highest BCUT2D eigenvalue weighted by atomic mass is 16.7. The normalized spacial score (nSPS) is 23.1. The summed E-state index contributed by atoms with van der Waals surface area (Å²) in [5.74, 6) is -3.96. The molecule has 43 heavy (non-hydrogen) atoms. The fourth-order valence-electron chi connectivity index (χ4n) is 4.09. The van der Waals surface area contributed by atoms with Gasteiger partial charge in [0.05, 0.1) is 6.42 Å². The number of hydrogen-bond acceptors (Lipinski definition) is 12. The quantitative estimate of drug-likeness (QED) is 0.0730. The Morgan fingerprint density at radius 1 is 1.02 bits per heavy atom. The summed E-state index contributed by atoms with van der Waals surface area (Å²) in [6, 6.07) is -2.50. The average molecular weight is 616 g/mol. The molecule has 1 heterocycles. The molecule has 0 radical (unpaired) electrons. The minimum absolute atomic E-state index is 0.312. The lowest BCUT2D eigenvalue weighted by Crippen LogP contribution is -2.70. The van der Waals surface area contributed by atoms with Gasteiger partial charge in [0.15, 0.2) is 18.6 Å². The highest BCUT2D eigenvalue weighted by molar-refractivity contribution is 5.95. The standard InChI is InChI=1S/C27H45N5O11/c1-8-11-28-26(39)19(30-21(37)10-9-12-32(6)7)13-22(38)31-27-23(29-15(2)33)25(42-18(5)36)24(41-17(4)35)20(43-27)14-40-16(3)34/h9-10,17,19-20,23-25,27,35H,8,11-14H2,1-7H3,(H,28,39)(H,29,33)(H,30,37)(H,31,38)/b10-9+/t17?,19-,20+,23+,24+,25+,27+/m0/s1. The smallest absolute Gasteiger partial charge is 0.303 e. The van der Waals surface area contributed by atoms with Crippen LogP contribution in [0.4, 0.5) is 0 Å². The number of ether oxygens (including phenoxy) is 4. The van der Waals surface area contributed by atoms with E-state index in [0.717, 1.165) is 13.8 Å². The van der Waals surface area contributed by atoms with Crippen molar-refractivity contribution in [2.75, 3.05) is 33.8 Å². The molecule has 0 aromatic rings. The fourth-order valence-corrected chi connectivity index (χ4v) is 4.09. The molecule has 0 aromatic carbocycles. The number of amides is 4. The Morgan fingerprint density at radius 2 is 1.70 bits per heavy atom. The van der Waals surface area contributed by atoms with Crippen molar-refractivity contribution in [3.63, 3.8) is 0 Å². The molecule has 1 aliphatic heterocycles. The van der Waals surface area contributed by atoms with Gasteiger partial charge in [-0.2, -0.15) is 0 Å². The molecule has 1 rings (SSSR count). The zero-order chi connectivity index (χ0) is 32.7. The van der Waals surface area contributed by atoms with Gasteiger partial charge >= 0.3 is 11.9 Å². The van der Waals surface area contributed by atoms with Crippen LogP contribution in [0.3, 0.4) is 0 Å². The zero-order valence-electron chi connectivity index (χ0n) is 25.7. The first-order chi connectivity index (χ1) is 20.1. The second-order valence-corrected chi connectivity index (χ2v) is 10.2. The van der Waals surface area contributed by atoms with Crippen LogP contribution in [0.5, 0.6) is 0 Å². The van der Waals surface area contributed by atoms with E-state index in [1.54, 1.807) is 6.08 Å². The van der Waals surface area contributed by atoms with Gasteiger partial charge in [0.1, 0.15) is 30.9 Å². The molecule has 0 saturated carbocycles. The highest BCUT2D eigenvalue weighted by Gasteiger charge is 2.50. The van der Waals surface area contributed by atoms with Crippen LogP contribution in [0, 0.1) is 0 Å². The van der Waals surface area contributed by atoms with Gasteiger partial charge in [0.2, 0.25) is 23.6 Å². The number of nitrogens with zero attached hydrogens (tertiary/aromatic N) is 1. The second-order valence-electron chi connectivity index (χ2n) is 10.2. The Balaban J connectivity index is 3.31. The van der Waals surface area contributed by atoms with Gasteiger partial charge in [-0.3, -0.25) is 28.8 Å². The molecule has 1 aliphatic rings. The molecule has 0 aromatic heterocycles. The highest BCUT2D eigenvalue weighted by Crippen LogP contribution is 2.27. The van der Waals surface area contributed by atoms with Crippen molar-refractivity contribution in [3.05, 3.63) is 12.2 Å². The maximum Gasteiger partial charge on any atom is 0.303 e. The summed E-state index contributed by atoms with van der Waals surface area (Å²) < 4.78 is 22.0. The number of aliphatic hydroxyl groups excluding tert-OH is 1. The SMILES string of the molecule is CCCNC(=O)[C@H](CC(=O)N[C@@H]1O[C@H](COC(C)=O)[C@@H](OC(C)O)[C@H](OC(C)=O)[C@H]1NC(C)=O)NC(=O)/C=C/CN(C)C. The van der Waals surface area contributed by atoms with Crippen molar-refractivity contribution in [3.8, 4) is 0 Å². The first-order valence-electron chi connectivity index (χ1n) is 13.9. The lowest BCUT2D eigenvalue weighted by atomic mass is 9.94. The van der Waals surface area contributed by atoms with E-state index in [-0.39, 0.29) is 0 Å². The van der Waals surface area contributed by atoms with Crippen molar-refractivity contribution in [1.29, 1.82) is 0 Å². The number of esters is 2. The van der Waals surface area contributed by atoms with E-state index in [9.17, 15) is 33.9 Å². The molecule has 244 valence electrons. The molecule has 0 spiro atoms. The predicted molar refractivity (Wildman–Crippen MR) is 151 cm³/mol. The number of rotatable bonds is 16. The topological polar surface area (TPSA) is 211 Å². The molecule has 4 amide bonds. The average Bonchev–Trinajstić information content (AvgIpc) is 2.88. The lowest BCUT2D eigenvalue weighted by Gasteiger charge is -2.46. The number of carbonyl (C=O) groups excluding carboxylic acids is 6. The Morgan fingerprint density at radius 3 is 2.23 bits per heavy atom. The van der Waals surface area contributed by atoms with Gasteiger partial charge in [0, 0.05) is 39.9 Å². The predicted octanol–water partition coefficient (Wildman–Crippen LogP) is -1.93. The lowest BCUT2D eigenvalue weighted by molar-refractivity contribution is -0.258. The van der Waals surface area contributed by atoms with Gasteiger partial charge in [-0.05, 0) is 27.4 Å². The first kappa shape index (κ1) is 37.4. The number of likely N-dealkylation sites (N-methyl/N-ethyl adjacent to an activating group) is 1. The zero-order valence-corrected chi connectivity index (χ0v) is 25.7. The summed E-state index contributed by atoms with van der Waals surface area (Å²) in [6.45, 7) is 6.96. The Bertz CT molecular complexity index is 1000. The summed E-state index contributed by atoms with van der Waals surface area (Å²) in [4.78, 5) is 76.1. The van der Waals surface area contributed by atoms with Crippen LogP contribution in [-0.4, -0.2) is 122 Å². The van der Waals surface area contributed by atoms with Crippen LogP contribution in [-0.2, 0) is 47.7 Å². The maximum absolute atomic E-state index is 13.3. The van der Waals surface area contributed by atoms with E-state index < -0.39 is 91.5 Å². The maximum atomic E-state index is 13.3. The Kier molecular flexibility index (Phi) is 16.4.